The van der Waals surface area contributed by atoms with Gasteiger partial charge in [-0.2, -0.15) is 0 Å². The Morgan fingerprint density at radius 3 is 2.68 bits per heavy atom. The minimum Gasteiger partial charge on any atom is -0.477 e. The van der Waals surface area contributed by atoms with E-state index in [0.29, 0.717) is 17.9 Å². The van der Waals surface area contributed by atoms with Crippen molar-refractivity contribution in [2.24, 2.45) is 5.92 Å². The summed E-state index contributed by atoms with van der Waals surface area (Å²) in [5.41, 5.74) is 1.84. The molecule has 0 unspecified atom stereocenters. The summed E-state index contributed by atoms with van der Waals surface area (Å²) in [4.78, 5) is 28.6. The number of nitrogens with zero attached hydrogens (tertiary/aromatic N) is 2. The molecule has 146 valence electrons. The second-order valence-electron chi connectivity index (χ2n) is 7.04. The summed E-state index contributed by atoms with van der Waals surface area (Å²) in [6.07, 6.45) is 8.76. The van der Waals surface area contributed by atoms with Gasteiger partial charge in [-0.25, -0.2) is 4.79 Å². The molecule has 28 heavy (non-hydrogen) atoms. The van der Waals surface area contributed by atoms with Gasteiger partial charge in [0.25, 0.3) is 0 Å². The Bertz CT molecular complexity index is 895. The minimum atomic E-state index is -1.12. The van der Waals surface area contributed by atoms with Crippen LogP contribution in [0.3, 0.4) is 0 Å². The van der Waals surface area contributed by atoms with Crippen LogP contribution >= 0.6 is 11.8 Å². The van der Waals surface area contributed by atoms with Gasteiger partial charge in [-0.1, -0.05) is 55.1 Å². The molecule has 3 aliphatic heterocycles. The first kappa shape index (κ1) is 18.8. The van der Waals surface area contributed by atoms with Crippen LogP contribution in [-0.2, 0) is 16.1 Å². The third kappa shape index (κ3) is 3.04. The van der Waals surface area contributed by atoms with Crippen molar-refractivity contribution < 1.29 is 19.8 Å². The number of fused-ring (bicyclic) bond motifs is 1. The first-order valence-corrected chi connectivity index (χ1v) is 10.2. The molecule has 1 aromatic carbocycles. The molecule has 1 aromatic rings. The SMILES string of the molecule is CC[C@H](O)[C@@H]1C(=O)N2C(C(=O)O)=C(c3ccccc3CN3C=CCC=C3)S[C@H]12. The van der Waals surface area contributed by atoms with Gasteiger partial charge in [0.2, 0.25) is 5.91 Å². The van der Waals surface area contributed by atoms with Gasteiger partial charge < -0.3 is 15.1 Å². The highest BCUT2D eigenvalue weighted by Crippen LogP contribution is 2.54. The highest BCUT2D eigenvalue weighted by atomic mass is 32.2. The van der Waals surface area contributed by atoms with Gasteiger partial charge in [-0.15, -0.1) is 0 Å². The van der Waals surface area contributed by atoms with Crippen molar-refractivity contribution in [1.82, 2.24) is 9.80 Å². The second kappa shape index (κ2) is 7.48. The zero-order valence-electron chi connectivity index (χ0n) is 15.5. The van der Waals surface area contributed by atoms with Gasteiger partial charge >= 0.3 is 5.97 Å². The van der Waals surface area contributed by atoms with Crippen LogP contribution in [0.25, 0.3) is 4.91 Å². The van der Waals surface area contributed by atoms with Crippen LogP contribution in [-0.4, -0.2) is 43.4 Å². The summed E-state index contributed by atoms with van der Waals surface area (Å²) >= 11 is 1.37. The zero-order chi connectivity index (χ0) is 19.8. The number of rotatable bonds is 6. The predicted octanol–water partition coefficient (Wildman–Crippen LogP) is 2.98. The van der Waals surface area contributed by atoms with Gasteiger partial charge in [0.05, 0.1) is 12.0 Å². The number of carbonyl (C=O) groups excluding carboxylic acids is 1. The van der Waals surface area contributed by atoms with Gasteiger partial charge in [0.1, 0.15) is 11.1 Å². The summed E-state index contributed by atoms with van der Waals surface area (Å²) < 4.78 is 0. The smallest absolute Gasteiger partial charge is 0.353 e. The van der Waals surface area contributed by atoms with E-state index in [9.17, 15) is 19.8 Å². The molecule has 1 saturated heterocycles. The van der Waals surface area contributed by atoms with E-state index in [1.165, 1.54) is 16.7 Å². The van der Waals surface area contributed by atoms with E-state index >= 15 is 0 Å². The first-order chi connectivity index (χ1) is 13.5. The van der Waals surface area contributed by atoms with Crippen molar-refractivity contribution in [3.05, 3.63) is 65.6 Å². The number of carbonyl (C=O) groups is 2. The fourth-order valence-corrected chi connectivity index (χ4v) is 5.46. The van der Waals surface area contributed by atoms with Crippen molar-refractivity contribution in [3.8, 4) is 0 Å². The topological polar surface area (TPSA) is 81.1 Å². The maximum atomic E-state index is 12.6. The normalized spacial score (nSPS) is 24.4. The van der Waals surface area contributed by atoms with Crippen LogP contribution in [0.15, 0.2) is 54.5 Å². The molecule has 0 spiro atoms. The van der Waals surface area contributed by atoms with Crippen LogP contribution in [0.4, 0.5) is 0 Å². The lowest BCUT2D eigenvalue weighted by Gasteiger charge is -2.44. The number of carboxylic acids is 1. The number of benzene rings is 1. The number of allylic oxidation sites excluding steroid dienone is 2. The quantitative estimate of drug-likeness (QED) is 0.717. The number of amides is 1. The van der Waals surface area contributed by atoms with Crippen LogP contribution in [0, 0.1) is 5.92 Å². The summed E-state index contributed by atoms with van der Waals surface area (Å²) in [6, 6.07) is 7.69. The van der Waals surface area contributed by atoms with Gasteiger partial charge in [-0.3, -0.25) is 9.69 Å². The Kier molecular flexibility index (Phi) is 5.03. The van der Waals surface area contributed by atoms with Gasteiger partial charge in [0.15, 0.2) is 0 Å². The van der Waals surface area contributed by atoms with Crippen LogP contribution in [0.2, 0.25) is 0 Å². The number of hydrogen-bond acceptors (Lipinski definition) is 5. The summed E-state index contributed by atoms with van der Waals surface area (Å²) in [5.74, 6) is -1.98. The number of aliphatic carboxylic acids is 1. The highest BCUT2D eigenvalue weighted by Gasteiger charge is 2.58. The molecule has 3 heterocycles. The van der Waals surface area contributed by atoms with Crippen LogP contribution in [0.1, 0.15) is 30.9 Å². The number of carboxylic acid groups (broad SMARTS) is 1. The summed E-state index contributed by atoms with van der Waals surface area (Å²) in [5, 5.41) is 19.7. The lowest BCUT2D eigenvalue weighted by Crippen LogP contribution is -2.61. The van der Waals surface area contributed by atoms with Crippen molar-refractivity contribution in [2.75, 3.05) is 0 Å². The molecule has 0 radical (unpaired) electrons. The molecule has 4 rings (SSSR count). The molecule has 3 atom stereocenters. The Labute approximate surface area is 167 Å². The van der Waals surface area contributed by atoms with E-state index < -0.39 is 18.0 Å². The monoisotopic (exact) mass is 398 g/mol. The number of aliphatic hydroxyl groups excluding tert-OH is 1. The Morgan fingerprint density at radius 1 is 1.29 bits per heavy atom. The third-order valence-electron chi connectivity index (χ3n) is 5.30. The second-order valence-corrected chi connectivity index (χ2v) is 8.16. The molecule has 0 bridgehead atoms. The largest absolute Gasteiger partial charge is 0.477 e. The van der Waals surface area contributed by atoms with E-state index in [1.54, 1.807) is 0 Å². The molecule has 0 aliphatic carbocycles. The lowest BCUT2D eigenvalue weighted by atomic mass is 9.89. The molecule has 0 saturated carbocycles. The fourth-order valence-electron chi connectivity index (χ4n) is 3.84. The summed E-state index contributed by atoms with van der Waals surface area (Å²) in [7, 11) is 0. The van der Waals surface area contributed by atoms with E-state index in [2.05, 4.69) is 12.2 Å². The predicted molar refractivity (Wildman–Crippen MR) is 107 cm³/mol. The third-order valence-corrected chi connectivity index (χ3v) is 6.69. The standard InChI is InChI=1S/C21H22N2O4S/c1-2-15(24)16-19(25)23-17(21(26)27)18(28-20(16)23)14-9-5-4-8-13(14)12-22-10-6-3-7-11-22/h4-11,15-16,20,24H,2-3,12H2,1H3,(H,26,27)/t15-,16+,20+/m0/s1. The molecule has 6 nitrogen and oxygen atoms in total. The van der Waals surface area contributed by atoms with Gasteiger partial charge in [0, 0.05) is 23.8 Å². The Balaban J connectivity index is 1.70. The summed E-state index contributed by atoms with van der Waals surface area (Å²) in [6.45, 7) is 2.43. The molecular formula is C21H22N2O4S. The number of hydrogen-bond donors (Lipinski definition) is 2. The number of thioether (sulfide) groups is 1. The molecule has 2 N–H and O–H groups in total. The number of aliphatic hydroxyl groups is 1. The van der Waals surface area contributed by atoms with Gasteiger partial charge in [-0.05, 0) is 24.0 Å². The average molecular weight is 398 g/mol. The molecule has 0 aromatic heterocycles. The molecule has 7 heteroatoms. The van der Waals surface area contributed by atoms with Crippen LogP contribution < -0.4 is 0 Å². The van der Waals surface area contributed by atoms with Crippen molar-refractivity contribution in [2.45, 2.75) is 37.8 Å². The minimum absolute atomic E-state index is 0.0248. The van der Waals surface area contributed by atoms with Crippen molar-refractivity contribution in [3.63, 3.8) is 0 Å². The molecule has 1 amide bonds. The van der Waals surface area contributed by atoms with E-state index in [1.807, 2.05) is 48.5 Å². The van der Waals surface area contributed by atoms with Crippen LogP contribution in [0.5, 0.6) is 0 Å². The van der Waals surface area contributed by atoms with E-state index in [0.717, 1.165) is 17.5 Å². The Hall–Kier alpha value is -2.51. The Morgan fingerprint density at radius 2 is 2.00 bits per heavy atom. The first-order valence-electron chi connectivity index (χ1n) is 9.35. The fraction of sp³-hybridized carbons (Fsp3) is 0.333. The lowest BCUT2D eigenvalue weighted by molar-refractivity contribution is -0.157. The van der Waals surface area contributed by atoms with Crippen molar-refractivity contribution in [1.29, 1.82) is 0 Å². The zero-order valence-corrected chi connectivity index (χ0v) is 16.3. The highest BCUT2D eigenvalue weighted by molar-refractivity contribution is 8.09. The van der Waals surface area contributed by atoms with Crippen molar-refractivity contribution >= 4 is 28.5 Å². The van der Waals surface area contributed by atoms with E-state index in [-0.39, 0.29) is 17.0 Å². The molecular weight excluding hydrogens is 376 g/mol. The molecule has 3 aliphatic rings. The average Bonchev–Trinajstić information content (AvgIpc) is 3.04. The molecule has 1 fully saturated rings. The number of β-lactam (4-membered cyclic amide) rings is 1. The van der Waals surface area contributed by atoms with E-state index in [4.69, 9.17) is 0 Å². The maximum absolute atomic E-state index is 12.6. The maximum Gasteiger partial charge on any atom is 0.353 e.